The SMILES string of the molecule is Cc1ccc(F)c(Nc2nnccc2C(N)=S)c1. The molecule has 0 aliphatic carbocycles. The molecule has 3 N–H and O–H groups in total. The zero-order valence-electron chi connectivity index (χ0n) is 9.64. The van der Waals surface area contributed by atoms with Crippen LogP contribution in [0.4, 0.5) is 15.9 Å². The first-order valence-electron chi connectivity index (χ1n) is 5.22. The summed E-state index contributed by atoms with van der Waals surface area (Å²) in [5, 5.41) is 10.4. The fourth-order valence-electron chi connectivity index (χ4n) is 1.49. The van der Waals surface area contributed by atoms with Gasteiger partial charge in [0.1, 0.15) is 10.8 Å². The van der Waals surface area contributed by atoms with Crippen LogP contribution in [0.3, 0.4) is 0 Å². The van der Waals surface area contributed by atoms with E-state index in [2.05, 4.69) is 15.5 Å². The molecule has 0 amide bonds. The summed E-state index contributed by atoms with van der Waals surface area (Å²) < 4.78 is 13.6. The van der Waals surface area contributed by atoms with Crippen LogP contribution in [-0.4, -0.2) is 15.2 Å². The van der Waals surface area contributed by atoms with Gasteiger partial charge >= 0.3 is 0 Å². The molecule has 0 spiro atoms. The van der Waals surface area contributed by atoms with Crippen LogP contribution in [0.25, 0.3) is 0 Å². The molecule has 1 aromatic heterocycles. The molecule has 0 fully saturated rings. The molecule has 0 saturated heterocycles. The molecule has 0 atom stereocenters. The minimum atomic E-state index is -0.375. The molecule has 92 valence electrons. The fourth-order valence-corrected chi connectivity index (χ4v) is 1.65. The van der Waals surface area contributed by atoms with Crippen molar-refractivity contribution < 1.29 is 4.39 Å². The normalized spacial score (nSPS) is 10.1. The van der Waals surface area contributed by atoms with Crippen molar-refractivity contribution in [1.82, 2.24) is 10.2 Å². The number of anilines is 2. The molecule has 1 heterocycles. The minimum Gasteiger partial charge on any atom is -0.389 e. The highest BCUT2D eigenvalue weighted by Crippen LogP contribution is 2.21. The second-order valence-corrected chi connectivity index (χ2v) is 4.21. The Balaban J connectivity index is 2.40. The number of aromatic nitrogens is 2. The summed E-state index contributed by atoms with van der Waals surface area (Å²) in [6.45, 7) is 1.87. The quantitative estimate of drug-likeness (QED) is 0.831. The Bertz CT molecular complexity index is 600. The average molecular weight is 262 g/mol. The number of thiocarbonyl (C=S) groups is 1. The molecule has 0 bridgehead atoms. The van der Waals surface area contributed by atoms with Gasteiger partial charge < -0.3 is 11.1 Å². The van der Waals surface area contributed by atoms with E-state index in [0.717, 1.165) is 5.56 Å². The van der Waals surface area contributed by atoms with E-state index in [0.29, 0.717) is 17.1 Å². The van der Waals surface area contributed by atoms with Gasteiger partial charge in [0.05, 0.1) is 17.4 Å². The van der Waals surface area contributed by atoms with Crippen molar-refractivity contribution in [2.24, 2.45) is 5.73 Å². The number of aryl methyl sites for hydroxylation is 1. The van der Waals surface area contributed by atoms with Crippen LogP contribution < -0.4 is 11.1 Å². The molecule has 0 aliphatic rings. The molecule has 6 heteroatoms. The number of rotatable bonds is 3. The van der Waals surface area contributed by atoms with Gasteiger partial charge in [0, 0.05) is 0 Å². The third-order valence-corrected chi connectivity index (χ3v) is 2.58. The number of halogens is 1. The van der Waals surface area contributed by atoms with Crippen LogP contribution in [0.2, 0.25) is 0 Å². The summed E-state index contributed by atoms with van der Waals surface area (Å²) in [7, 11) is 0. The van der Waals surface area contributed by atoms with Gasteiger partial charge in [-0.2, -0.15) is 5.10 Å². The summed E-state index contributed by atoms with van der Waals surface area (Å²) in [5.74, 6) is -0.0327. The first kappa shape index (κ1) is 12.4. The van der Waals surface area contributed by atoms with Crippen molar-refractivity contribution in [3.63, 3.8) is 0 Å². The van der Waals surface area contributed by atoms with Gasteiger partial charge in [-0.1, -0.05) is 18.3 Å². The van der Waals surface area contributed by atoms with Crippen LogP contribution in [0, 0.1) is 12.7 Å². The number of nitrogens with one attached hydrogen (secondary N) is 1. The minimum absolute atomic E-state index is 0.181. The van der Waals surface area contributed by atoms with Gasteiger partial charge in [-0.15, -0.1) is 5.10 Å². The highest BCUT2D eigenvalue weighted by atomic mass is 32.1. The maximum atomic E-state index is 13.6. The Hall–Kier alpha value is -2.08. The van der Waals surface area contributed by atoms with Crippen molar-refractivity contribution in [2.45, 2.75) is 6.92 Å². The van der Waals surface area contributed by atoms with Crippen molar-refractivity contribution >= 4 is 28.7 Å². The highest BCUT2D eigenvalue weighted by Gasteiger charge is 2.09. The summed E-state index contributed by atoms with van der Waals surface area (Å²) >= 11 is 4.90. The summed E-state index contributed by atoms with van der Waals surface area (Å²) in [4.78, 5) is 0.181. The van der Waals surface area contributed by atoms with E-state index in [9.17, 15) is 4.39 Å². The standard InChI is InChI=1S/C12H11FN4S/c1-7-2-3-9(13)10(6-7)16-12-8(11(14)18)4-5-15-17-12/h2-6H,1H3,(H2,14,18)(H,16,17). The number of nitrogens with two attached hydrogens (primary N) is 1. The molecule has 0 saturated carbocycles. The average Bonchev–Trinajstić information content (AvgIpc) is 2.34. The summed E-state index contributed by atoms with van der Waals surface area (Å²) in [6.07, 6.45) is 1.48. The molecule has 0 aliphatic heterocycles. The Kier molecular flexibility index (Phi) is 3.47. The third kappa shape index (κ3) is 2.60. The van der Waals surface area contributed by atoms with Crippen molar-refractivity contribution in [3.8, 4) is 0 Å². The molecule has 2 rings (SSSR count). The highest BCUT2D eigenvalue weighted by molar-refractivity contribution is 7.80. The lowest BCUT2D eigenvalue weighted by molar-refractivity contribution is 0.631. The van der Waals surface area contributed by atoms with Gasteiger partial charge in [0.15, 0.2) is 5.82 Å². The first-order chi connectivity index (χ1) is 8.58. The second-order valence-electron chi connectivity index (χ2n) is 3.77. The van der Waals surface area contributed by atoms with Crippen molar-refractivity contribution in [3.05, 3.63) is 47.4 Å². The van der Waals surface area contributed by atoms with Crippen LogP contribution >= 0.6 is 12.2 Å². The molecule has 0 unspecified atom stereocenters. The Morgan fingerprint density at radius 2 is 2.17 bits per heavy atom. The van der Waals surface area contributed by atoms with Crippen molar-refractivity contribution in [2.75, 3.05) is 5.32 Å². The van der Waals surface area contributed by atoms with Gasteiger partial charge in [-0.3, -0.25) is 0 Å². The smallest absolute Gasteiger partial charge is 0.163 e. The molecule has 2 aromatic rings. The topological polar surface area (TPSA) is 63.8 Å². The van der Waals surface area contributed by atoms with E-state index < -0.39 is 0 Å². The molecular formula is C12H11FN4S. The summed E-state index contributed by atoms with van der Waals surface area (Å²) in [5.41, 5.74) is 7.34. The number of nitrogens with zero attached hydrogens (tertiary/aromatic N) is 2. The van der Waals surface area contributed by atoms with E-state index in [1.165, 1.54) is 12.3 Å². The van der Waals surface area contributed by atoms with E-state index >= 15 is 0 Å². The zero-order valence-corrected chi connectivity index (χ0v) is 10.5. The predicted molar refractivity (Wildman–Crippen MR) is 72.3 cm³/mol. The lowest BCUT2D eigenvalue weighted by Gasteiger charge is -2.10. The van der Waals surface area contributed by atoms with E-state index in [1.54, 1.807) is 18.2 Å². The number of benzene rings is 1. The van der Waals surface area contributed by atoms with Gasteiger partial charge in [-0.25, -0.2) is 4.39 Å². The summed E-state index contributed by atoms with van der Waals surface area (Å²) in [6, 6.07) is 6.37. The first-order valence-corrected chi connectivity index (χ1v) is 5.63. The molecular weight excluding hydrogens is 251 g/mol. The van der Waals surface area contributed by atoms with E-state index in [4.69, 9.17) is 18.0 Å². The predicted octanol–water partition coefficient (Wildman–Crippen LogP) is 2.30. The zero-order chi connectivity index (χ0) is 13.1. The molecule has 4 nitrogen and oxygen atoms in total. The lowest BCUT2D eigenvalue weighted by atomic mass is 10.2. The van der Waals surface area contributed by atoms with Crippen LogP contribution in [0.5, 0.6) is 0 Å². The van der Waals surface area contributed by atoms with Gasteiger partial charge in [-0.05, 0) is 30.7 Å². The van der Waals surface area contributed by atoms with Crippen molar-refractivity contribution in [1.29, 1.82) is 0 Å². The van der Waals surface area contributed by atoms with Crippen LogP contribution in [0.15, 0.2) is 30.5 Å². The maximum Gasteiger partial charge on any atom is 0.163 e. The number of hydrogen-bond acceptors (Lipinski definition) is 4. The number of hydrogen-bond donors (Lipinski definition) is 2. The van der Waals surface area contributed by atoms with Gasteiger partial charge in [0.2, 0.25) is 0 Å². The Morgan fingerprint density at radius 1 is 1.39 bits per heavy atom. The molecule has 0 radical (unpaired) electrons. The largest absolute Gasteiger partial charge is 0.389 e. The van der Waals surface area contributed by atoms with Gasteiger partial charge in [0.25, 0.3) is 0 Å². The lowest BCUT2D eigenvalue weighted by Crippen LogP contribution is -2.13. The third-order valence-electron chi connectivity index (χ3n) is 2.36. The fraction of sp³-hybridized carbons (Fsp3) is 0.0833. The van der Waals surface area contributed by atoms with Crippen LogP contribution in [-0.2, 0) is 0 Å². The van der Waals surface area contributed by atoms with E-state index in [1.807, 2.05) is 6.92 Å². The monoisotopic (exact) mass is 262 g/mol. The Labute approximate surface area is 109 Å². The Morgan fingerprint density at radius 3 is 2.89 bits per heavy atom. The maximum absolute atomic E-state index is 13.6. The molecule has 18 heavy (non-hydrogen) atoms. The van der Waals surface area contributed by atoms with E-state index in [-0.39, 0.29) is 10.8 Å². The second kappa shape index (κ2) is 5.05. The van der Waals surface area contributed by atoms with Crippen LogP contribution in [0.1, 0.15) is 11.1 Å². The molecule has 1 aromatic carbocycles.